The summed E-state index contributed by atoms with van der Waals surface area (Å²) in [5.41, 5.74) is 6.91. The topological polar surface area (TPSA) is 137 Å². The Morgan fingerprint density at radius 3 is 2.67 bits per heavy atom. The first-order chi connectivity index (χ1) is 14.3. The van der Waals surface area contributed by atoms with Crippen LogP contribution in [0.1, 0.15) is 15.8 Å². The molecule has 12 heteroatoms. The summed E-state index contributed by atoms with van der Waals surface area (Å²) in [5.74, 6) is -0.499. The molecule has 0 saturated heterocycles. The molecule has 0 aliphatic heterocycles. The van der Waals surface area contributed by atoms with Gasteiger partial charge in [0, 0.05) is 23.5 Å². The van der Waals surface area contributed by atoms with Gasteiger partial charge in [0.25, 0.3) is 10.1 Å². The second kappa shape index (κ2) is 7.59. The van der Waals surface area contributed by atoms with Crippen molar-refractivity contribution in [1.29, 1.82) is 0 Å². The Balaban J connectivity index is 1.80. The second-order valence-electron chi connectivity index (χ2n) is 6.34. The second-order valence-corrected chi connectivity index (χ2v) is 8.53. The zero-order valence-corrected chi connectivity index (χ0v) is 16.7. The molecule has 0 spiro atoms. The Morgan fingerprint density at radius 2 is 1.97 bits per heavy atom. The Labute approximate surface area is 175 Å². The van der Waals surface area contributed by atoms with E-state index < -0.39 is 14.8 Å². The van der Waals surface area contributed by atoms with E-state index in [-0.39, 0.29) is 29.6 Å². The largest absolute Gasteiger partial charge is 0.383 e. The maximum Gasteiger partial charge on any atom is 0.286 e. The van der Waals surface area contributed by atoms with E-state index in [2.05, 4.69) is 20.1 Å². The van der Waals surface area contributed by atoms with Gasteiger partial charge < -0.3 is 5.73 Å². The van der Waals surface area contributed by atoms with Gasteiger partial charge in [-0.3, -0.25) is 4.55 Å². The minimum absolute atomic E-state index is 0.0979. The van der Waals surface area contributed by atoms with Crippen molar-refractivity contribution in [3.8, 4) is 11.5 Å². The number of fused-ring (bicyclic) bond motifs is 1. The Morgan fingerprint density at radius 1 is 1.20 bits per heavy atom. The van der Waals surface area contributed by atoms with Gasteiger partial charge in [0.1, 0.15) is 17.3 Å². The minimum atomic E-state index is -4.58. The number of benzene rings is 1. The van der Waals surface area contributed by atoms with Crippen LogP contribution < -0.4 is 5.73 Å². The molecule has 4 aromatic rings. The lowest BCUT2D eigenvalue weighted by Crippen LogP contribution is -2.11. The molecular weight excluding hydrogens is 435 g/mol. The van der Waals surface area contributed by atoms with Gasteiger partial charge >= 0.3 is 0 Å². The van der Waals surface area contributed by atoms with Crippen LogP contribution in [0.4, 0.5) is 10.2 Å². The van der Waals surface area contributed by atoms with Gasteiger partial charge in [0.15, 0.2) is 16.2 Å². The van der Waals surface area contributed by atoms with Crippen molar-refractivity contribution >= 4 is 38.6 Å². The van der Waals surface area contributed by atoms with Crippen LogP contribution in [0.25, 0.3) is 22.6 Å². The fourth-order valence-electron chi connectivity index (χ4n) is 2.93. The number of anilines is 1. The molecule has 3 aromatic heterocycles. The van der Waals surface area contributed by atoms with Gasteiger partial charge in [0.05, 0.1) is 11.9 Å². The van der Waals surface area contributed by atoms with Crippen LogP contribution >= 0.6 is 11.6 Å². The fraction of sp³-hybridized carbons (Fsp3) is 0.111. The lowest BCUT2D eigenvalue weighted by Gasteiger charge is -2.09. The van der Waals surface area contributed by atoms with E-state index in [0.29, 0.717) is 22.3 Å². The highest BCUT2D eigenvalue weighted by atomic mass is 35.5. The zero-order valence-electron chi connectivity index (χ0n) is 15.1. The molecule has 1 unspecified atom stereocenters. The van der Waals surface area contributed by atoms with E-state index in [1.807, 2.05) is 0 Å². The lowest BCUT2D eigenvalue weighted by molar-refractivity contribution is 0.480. The quantitative estimate of drug-likeness (QED) is 0.351. The Kier molecular flexibility index (Phi) is 5.10. The van der Waals surface area contributed by atoms with Crippen molar-refractivity contribution in [3.63, 3.8) is 0 Å². The highest BCUT2D eigenvalue weighted by molar-refractivity contribution is 7.87. The van der Waals surface area contributed by atoms with Crippen LogP contribution in [-0.2, 0) is 16.7 Å². The summed E-state index contributed by atoms with van der Waals surface area (Å²) in [6, 6.07) is 9.77. The standard InChI is InChI=1S/C18H14ClFN6O3S/c19-15(30(27,28)29)12-8-23-17(24-16(12)21)14-11-5-3-7-22-18(11)26(25-14)9-10-4-1-2-6-13(10)20/h1-8,15H,9H2,(H2,21,23,24)(H,27,28,29). The van der Waals surface area contributed by atoms with Crippen molar-refractivity contribution in [2.24, 2.45) is 0 Å². The van der Waals surface area contributed by atoms with Gasteiger partial charge in [-0.2, -0.15) is 13.5 Å². The minimum Gasteiger partial charge on any atom is -0.383 e. The van der Waals surface area contributed by atoms with Gasteiger partial charge in [-0.05, 0) is 18.2 Å². The number of nitrogens with two attached hydrogens (primary N) is 1. The maximum absolute atomic E-state index is 14.1. The first-order valence-corrected chi connectivity index (χ1v) is 10.5. The first-order valence-electron chi connectivity index (χ1n) is 8.54. The molecule has 154 valence electrons. The fourth-order valence-corrected chi connectivity index (χ4v) is 3.60. The van der Waals surface area contributed by atoms with Crippen molar-refractivity contribution in [2.45, 2.75) is 11.3 Å². The molecule has 0 bridgehead atoms. The number of pyridine rings is 1. The number of nitrogens with zero attached hydrogens (tertiary/aromatic N) is 5. The van der Waals surface area contributed by atoms with Crippen LogP contribution in [-0.4, -0.2) is 37.7 Å². The molecule has 1 atom stereocenters. The molecule has 0 amide bonds. The predicted molar refractivity (Wildman–Crippen MR) is 109 cm³/mol. The SMILES string of the molecule is Nc1nc(-c2nn(Cc3ccccc3F)c3ncccc23)ncc1C(Cl)S(=O)(=O)O. The number of nitrogen functional groups attached to an aromatic ring is 1. The molecule has 30 heavy (non-hydrogen) atoms. The number of aromatic nitrogens is 5. The van der Waals surface area contributed by atoms with Crippen molar-refractivity contribution < 1.29 is 17.4 Å². The van der Waals surface area contributed by atoms with E-state index in [4.69, 9.17) is 21.9 Å². The maximum atomic E-state index is 14.1. The van der Waals surface area contributed by atoms with E-state index in [1.54, 1.807) is 36.5 Å². The summed E-state index contributed by atoms with van der Waals surface area (Å²) in [7, 11) is -4.58. The average molecular weight is 449 g/mol. The first kappa shape index (κ1) is 20.1. The van der Waals surface area contributed by atoms with E-state index in [9.17, 15) is 12.8 Å². The molecule has 4 rings (SSSR count). The van der Waals surface area contributed by atoms with Crippen molar-refractivity contribution in [1.82, 2.24) is 24.7 Å². The van der Waals surface area contributed by atoms with E-state index >= 15 is 0 Å². The third-order valence-corrected chi connectivity index (χ3v) is 6.04. The lowest BCUT2D eigenvalue weighted by atomic mass is 10.2. The molecule has 0 fully saturated rings. The zero-order chi connectivity index (χ0) is 21.5. The molecule has 0 aliphatic carbocycles. The summed E-state index contributed by atoms with van der Waals surface area (Å²) in [4.78, 5) is 12.5. The van der Waals surface area contributed by atoms with Crippen LogP contribution in [0, 0.1) is 5.82 Å². The van der Waals surface area contributed by atoms with E-state index in [0.717, 1.165) is 6.20 Å². The molecule has 0 radical (unpaired) electrons. The van der Waals surface area contributed by atoms with Gasteiger partial charge in [-0.25, -0.2) is 24.0 Å². The van der Waals surface area contributed by atoms with Gasteiger partial charge in [-0.1, -0.05) is 29.8 Å². The Hall–Kier alpha value is -3.15. The van der Waals surface area contributed by atoms with Gasteiger partial charge in [-0.15, -0.1) is 0 Å². The summed E-state index contributed by atoms with van der Waals surface area (Å²) in [6.45, 7) is 0.125. The van der Waals surface area contributed by atoms with Crippen molar-refractivity contribution in [2.75, 3.05) is 5.73 Å². The molecule has 3 N–H and O–H groups in total. The summed E-state index contributed by atoms with van der Waals surface area (Å²) in [6.07, 6.45) is 2.69. The van der Waals surface area contributed by atoms with Crippen LogP contribution in [0.2, 0.25) is 0 Å². The number of hydrogen-bond acceptors (Lipinski definition) is 7. The number of rotatable bonds is 5. The summed E-state index contributed by atoms with van der Waals surface area (Å²) < 4.78 is 45.5. The Bertz CT molecular complexity index is 1360. The number of hydrogen-bond donors (Lipinski definition) is 2. The summed E-state index contributed by atoms with van der Waals surface area (Å²) >= 11 is 5.73. The highest BCUT2D eigenvalue weighted by Gasteiger charge is 2.26. The van der Waals surface area contributed by atoms with Crippen LogP contribution in [0.15, 0.2) is 48.8 Å². The molecule has 0 saturated carbocycles. The van der Waals surface area contributed by atoms with Gasteiger partial charge in [0.2, 0.25) is 0 Å². The average Bonchev–Trinajstić information content (AvgIpc) is 3.07. The van der Waals surface area contributed by atoms with Crippen molar-refractivity contribution in [3.05, 3.63) is 65.7 Å². The smallest absolute Gasteiger partial charge is 0.286 e. The predicted octanol–water partition coefficient (Wildman–Crippen LogP) is 2.78. The van der Waals surface area contributed by atoms with Crippen LogP contribution in [0.5, 0.6) is 0 Å². The normalized spacial score (nSPS) is 12.9. The molecule has 1 aromatic carbocycles. The molecule has 9 nitrogen and oxygen atoms in total. The summed E-state index contributed by atoms with van der Waals surface area (Å²) in [5, 5.41) is 5.06. The third kappa shape index (κ3) is 3.70. The number of alkyl halides is 1. The molecule has 0 aliphatic rings. The molecule has 3 heterocycles. The highest BCUT2D eigenvalue weighted by Crippen LogP contribution is 2.31. The number of halogens is 2. The molecular formula is C18H14ClFN6O3S. The third-order valence-electron chi connectivity index (χ3n) is 4.35. The van der Waals surface area contributed by atoms with Crippen LogP contribution in [0.3, 0.4) is 0 Å². The monoisotopic (exact) mass is 448 g/mol. The van der Waals surface area contributed by atoms with E-state index in [1.165, 1.54) is 10.7 Å².